The third kappa shape index (κ3) is 3.99. The molecule has 1 aromatic heterocycles. The first-order chi connectivity index (χ1) is 11.1. The van der Waals surface area contributed by atoms with Gasteiger partial charge in [0.25, 0.3) is 0 Å². The summed E-state index contributed by atoms with van der Waals surface area (Å²) < 4.78 is 1.91. The average molecular weight is 312 g/mol. The summed E-state index contributed by atoms with van der Waals surface area (Å²) >= 11 is 0. The number of rotatable bonds is 5. The first kappa shape index (κ1) is 15.7. The van der Waals surface area contributed by atoms with Gasteiger partial charge in [-0.05, 0) is 37.0 Å². The highest BCUT2D eigenvalue weighted by Crippen LogP contribution is 2.18. The number of benzene rings is 1. The van der Waals surface area contributed by atoms with Crippen molar-refractivity contribution in [2.24, 2.45) is 0 Å². The van der Waals surface area contributed by atoms with Gasteiger partial charge in [0.2, 0.25) is 5.91 Å². The molecule has 5 nitrogen and oxygen atoms in total. The number of carbonyl (C=O) groups excluding carboxylic acids is 1. The van der Waals surface area contributed by atoms with Gasteiger partial charge in [-0.3, -0.25) is 9.48 Å². The molecule has 0 aliphatic carbocycles. The fourth-order valence-electron chi connectivity index (χ4n) is 2.99. The SMILES string of the molecule is Cc1cnn(C[C@@H](C)NCC(=O)N2CCc3ccccc3C2)c1. The van der Waals surface area contributed by atoms with Gasteiger partial charge >= 0.3 is 0 Å². The molecule has 122 valence electrons. The highest BCUT2D eigenvalue weighted by atomic mass is 16.2. The number of aromatic nitrogens is 2. The Bertz CT molecular complexity index is 679. The molecule has 1 amide bonds. The first-order valence-corrected chi connectivity index (χ1v) is 8.19. The zero-order chi connectivity index (χ0) is 16.2. The van der Waals surface area contributed by atoms with Crippen molar-refractivity contribution in [1.29, 1.82) is 0 Å². The Labute approximate surface area is 137 Å². The minimum atomic E-state index is 0.169. The lowest BCUT2D eigenvalue weighted by atomic mass is 10.00. The molecule has 23 heavy (non-hydrogen) atoms. The molecule has 1 aliphatic heterocycles. The van der Waals surface area contributed by atoms with Crippen LogP contribution in [0, 0.1) is 6.92 Å². The summed E-state index contributed by atoms with van der Waals surface area (Å²) in [7, 11) is 0. The van der Waals surface area contributed by atoms with E-state index in [1.807, 2.05) is 35.0 Å². The standard InChI is InChI=1S/C18H24N4O/c1-14-9-20-22(11-14)12-15(2)19-10-18(23)21-8-7-16-5-3-4-6-17(16)13-21/h3-6,9,11,15,19H,7-8,10,12-13H2,1-2H3/t15-/m1/s1. The monoisotopic (exact) mass is 312 g/mol. The van der Waals surface area contributed by atoms with Gasteiger partial charge in [-0.1, -0.05) is 24.3 Å². The van der Waals surface area contributed by atoms with Crippen molar-refractivity contribution >= 4 is 5.91 Å². The molecule has 1 aliphatic rings. The fourth-order valence-corrected chi connectivity index (χ4v) is 2.99. The summed E-state index contributed by atoms with van der Waals surface area (Å²) in [6.45, 7) is 6.79. The molecular formula is C18H24N4O. The Morgan fingerprint density at radius 1 is 1.35 bits per heavy atom. The van der Waals surface area contributed by atoms with Crippen LogP contribution in [0.25, 0.3) is 0 Å². The number of fused-ring (bicyclic) bond motifs is 1. The van der Waals surface area contributed by atoms with Crippen LogP contribution >= 0.6 is 0 Å². The van der Waals surface area contributed by atoms with Crippen LogP contribution < -0.4 is 5.32 Å². The number of aryl methyl sites for hydroxylation is 1. The number of carbonyl (C=O) groups is 1. The Morgan fingerprint density at radius 3 is 2.87 bits per heavy atom. The second-order valence-electron chi connectivity index (χ2n) is 6.36. The van der Waals surface area contributed by atoms with Crippen LogP contribution in [0.5, 0.6) is 0 Å². The molecule has 0 bridgehead atoms. The molecule has 0 radical (unpaired) electrons. The summed E-state index contributed by atoms with van der Waals surface area (Å²) in [5, 5.41) is 7.59. The third-order valence-corrected chi connectivity index (χ3v) is 4.31. The Balaban J connectivity index is 1.48. The number of hydrogen-bond acceptors (Lipinski definition) is 3. The number of nitrogens with one attached hydrogen (secondary N) is 1. The molecule has 1 aromatic carbocycles. The highest BCUT2D eigenvalue weighted by Gasteiger charge is 2.20. The number of amides is 1. The lowest BCUT2D eigenvalue weighted by Crippen LogP contribution is -2.44. The predicted octanol–water partition coefficient (Wildman–Crippen LogP) is 1.75. The normalized spacial score (nSPS) is 15.3. The molecule has 0 unspecified atom stereocenters. The topological polar surface area (TPSA) is 50.2 Å². The van der Waals surface area contributed by atoms with E-state index < -0.39 is 0 Å². The lowest BCUT2D eigenvalue weighted by molar-refractivity contribution is -0.131. The molecule has 0 saturated heterocycles. The molecule has 1 N–H and O–H groups in total. The zero-order valence-corrected chi connectivity index (χ0v) is 13.8. The summed E-state index contributed by atoms with van der Waals surface area (Å²) in [6.07, 6.45) is 4.81. The van der Waals surface area contributed by atoms with Gasteiger partial charge in [0.1, 0.15) is 0 Å². The van der Waals surface area contributed by atoms with Crippen LogP contribution in [-0.4, -0.2) is 39.7 Å². The van der Waals surface area contributed by atoms with Crippen LogP contribution in [0.1, 0.15) is 23.6 Å². The van der Waals surface area contributed by atoms with Gasteiger partial charge in [-0.15, -0.1) is 0 Å². The quantitative estimate of drug-likeness (QED) is 0.915. The minimum Gasteiger partial charge on any atom is -0.337 e. The number of nitrogens with zero attached hydrogens (tertiary/aromatic N) is 3. The van der Waals surface area contributed by atoms with Gasteiger partial charge in [0.05, 0.1) is 19.3 Å². The van der Waals surface area contributed by atoms with Crippen LogP contribution in [0.4, 0.5) is 0 Å². The molecule has 2 heterocycles. The van der Waals surface area contributed by atoms with Gasteiger partial charge in [-0.2, -0.15) is 5.10 Å². The van der Waals surface area contributed by atoms with Crippen LogP contribution in [-0.2, 0) is 24.3 Å². The zero-order valence-electron chi connectivity index (χ0n) is 13.8. The van der Waals surface area contributed by atoms with E-state index in [1.54, 1.807) is 0 Å². The van der Waals surface area contributed by atoms with E-state index in [2.05, 4.69) is 35.5 Å². The van der Waals surface area contributed by atoms with Crippen molar-refractivity contribution < 1.29 is 4.79 Å². The Morgan fingerprint density at radius 2 is 2.13 bits per heavy atom. The van der Waals surface area contributed by atoms with Crippen LogP contribution in [0.15, 0.2) is 36.7 Å². The first-order valence-electron chi connectivity index (χ1n) is 8.19. The molecule has 1 atom stereocenters. The third-order valence-electron chi connectivity index (χ3n) is 4.31. The van der Waals surface area contributed by atoms with E-state index in [0.29, 0.717) is 6.54 Å². The molecule has 5 heteroatoms. The second-order valence-corrected chi connectivity index (χ2v) is 6.36. The maximum Gasteiger partial charge on any atom is 0.236 e. The molecule has 0 spiro atoms. The van der Waals surface area contributed by atoms with Gasteiger partial charge in [-0.25, -0.2) is 0 Å². The van der Waals surface area contributed by atoms with Gasteiger partial charge < -0.3 is 10.2 Å². The van der Waals surface area contributed by atoms with Crippen molar-refractivity contribution in [1.82, 2.24) is 20.0 Å². The van der Waals surface area contributed by atoms with Crippen molar-refractivity contribution in [3.63, 3.8) is 0 Å². The lowest BCUT2D eigenvalue weighted by Gasteiger charge is -2.29. The van der Waals surface area contributed by atoms with Crippen molar-refractivity contribution in [2.45, 2.75) is 39.4 Å². The maximum atomic E-state index is 12.4. The van der Waals surface area contributed by atoms with Crippen molar-refractivity contribution in [2.75, 3.05) is 13.1 Å². The van der Waals surface area contributed by atoms with E-state index in [0.717, 1.165) is 31.6 Å². The fraction of sp³-hybridized carbons (Fsp3) is 0.444. The number of hydrogen-bond donors (Lipinski definition) is 1. The van der Waals surface area contributed by atoms with Crippen LogP contribution in [0.3, 0.4) is 0 Å². The molecule has 2 aromatic rings. The summed E-state index contributed by atoms with van der Waals surface area (Å²) in [5.74, 6) is 0.169. The molecular weight excluding hydrogens is 288 g/mol. The van der Waals surface area contributed by atoms with Crippen molar-refractivity contribution in [3.05, 3.63) is 53.3 Å². The molecule has 0 fully saturated rings. The highest BCUT2D eigenvalue weighted by molar-refractivity contribution is 5.78. The molecule has 0 saturated carbocycles. The van der Waals surface area contributed by atoms with Gasteiger partial charge in [0, 0.05) is 25.3 Å². The Kier molecular flexibility index (Phi) is 4.76. The van der Waals surface area contributed by atoms with E-state index in [1.165, 1.54) is 11.1 Å². The minimum absolute atomic E-state index is 0.169. The van der Waals surface area contributed by atoms with E-state index in [-0.39, 0.29) is 11.9 Å². The van der Waals surface area contributed by atoms with E-state index in [4.69, 9.17) is 0 Å². The van der Waals surface area contributed by atoms with Gasteiger partial charge in [0.15, 0.2) is 0 Å². The average Bonchev–Trinajstić information content (AvgIpc) is 2.97. The summed E-state index contributed by atoms with van der Waals surface area (Å²) in [6, 6.07) is 8.58. The Hall–Kier alpha value is -2.14. The van der Waals surface area contributed by atoms with E-state index >= 15 is 0 Å². The largest absolute Gasteiger partial charge is 0.337 e. The summed E-state index contributed by atoms with van der Waals surface area (Å²) in [4.78, 5) is 14.4. The molecule has 3 rings (SSSR count). The van der Waals surface area contributed by atoms with Crippen molar-refractivity contribution in [3.8, 4) is 0 Å². The second kappa shape index (κ2) is 6.96. The van der Waals surface area contributed by atoms with Crippen LogP contribution in [0.2, 0.25) is 0 Å². The predicted molar refractivity (Wildman–Crippen MR) is 90.0 cm³/mol. The summed E-state index contributed by atoms with van der Waals surface area (Å²) in [5.41, 5.74) is 3.79. The maximum absolute atomic E-state index is 12.4. The smallest absolute Gasteiger partial charge is 0.236 e. The van der Waals surface area contributed by atoms with E-state index in [9.17, 15) is 4.79 Å².